The Balaban J connectivity index is 1.39. The summed E-state index contributed by atoms with van der Waals surface area (Å²) >= 11 is 7.90. The standard InChI is InChI=1S/C39H34ClN3O6S/c1-22(2)26-13-15-27(16-14-26)34-33(36(44)42-29-11-6-5-7-12-29)23(3)41-39-43(34)37(45)32(50-39)20-25-18-30(40)35(31(19-25)48-4)49-21-24-9-8-10-28(17-24)38(46)47/h5-20,22,34H,21H2,1-4H3,(H,42,44)(H,46,47)/b32-20+/t34-/m0/s1. The van der Waals surface area contributed by atoms with E-state index in [1.54, 1.807) is 41.8 Å². The van der Waals surface area contributed by atoms with E-state index < -0.39 is 12.0 Å². The molecular weight excluding hydrogens is 674 g/mol. The van der Waals surface area contributed by atoms with Gasteiger partial charge in [-0.05, 0) is 77.6 Å². The Labute approximate surface area is 297 Å². The number of carboxylic acid groups (broad SMARTS) is 1. The van der Waals surface area contributed by atoms with E-state index >= 15 is 0 Å². The summed E-state index contributed by atoms with van der Waals surface area (Å²) in [6.07, 6.45) is 1.71. The molecular formula is C39H34ClN3O6S. The molecule has 0 saturated carbocycles. The van der Waals surface area contributed by atoms with E-state index in [0.717, 1.165) is 11.1 Å². The van der Waals surface area contributed by atoms with Crippen molar-refractivity contribution < 1.29 is 24.2 Å². The van der Waals surface area contributed by atoms with Gasteiger partial charge in [-0.3, -0.25) is 14.2 Å². The average Bonchev–Trinajstić information content (AvgIpc) is 3.40. The van der Waals surface area contributed by atoms with Crippen LogP contribution < -0.4 is 29.7 Å². The number of hydrogen-bond donors (Lipinski definition) is 2. The molecule has 0 saturated heterocycles. The zero-order valence-electron chi connectivity index (χ0n) is 27.8. The molecule has 50 heavy (non-hydrogen) atoms. The van der Waals surface area contributed by atoms with Crippen LogP contribution in [0.1, 0.15) is 65.3 Å². The highest BCUT2D eigenvalue weighted by Gasteiger charge is 2.32. The first-order valence-corrected chi connectivity index (χ1v) is 17.0. The van der Waals surface area contributed by atoms with Crippen molar-refractivity contribution in [2.75, 3.05) is 12.4 Å². The van der Waals surface area contributed by atoms with Gasteiger partial charge in [0.2, 0.25) is 0 Å². The minimum absolute atomic E-state index is 0.0623. The Morgan fingerprint density at radius 3 is 2.46 bits per heavy atom. The molecule has 1 aliphatic rings. The molecule has 1 aromatic heterocycles. The number of carboxylic acids is 1. The second-order valence-electron chi connectivity index (χ2n) is 12.1. The van der Waals surface area contributed by atoms with Crippen LogP contribution in [-0.2, 0) is 11.4 Å². The number of ether oxygens (including phenoxy) is 2. The molecule has 2 N–H and O–H groups in total. The molecule has 6 rings (SSSR count). The van der Waals surface area contributed by atoms with Gasteiger partial charge >= 0.3 is 5.97 Å². The van der Waals surface area contributed by atoms with Crippen LogP contribution in [0.2, 0.25) is 5.02 Å². The topological polar surface area (TPSA) is 119 Å². The summed E-state index contributed by atoms with van der Waals surface area (Å²) in [5.74, 6) is -0.443. The van der Waals surface area contributed by atoms with Crippen LogP contribution in [0.3, 0.4) is 0 Å². The second-order valence-corrected chi connectivity index (χ2v) is 13.5. The van der Waals surface area contributed by atoms with E-state index in [0.29, 0.717) is 49.1 Å². The van der Waals surface area contributed by atoms with Gasteiger partial charge in [-0.15, -0.1) is 0 Å². The predicted octanol–water partition coefficient (Wildman–Crippen LogP) is 6.94. The lowest BCUT2D eigenvalue weighted by Crippen LogP contribution is -2.40. The molecule has 0 spiro atoms. The lowest BCUT2D eigenvalue weighted by molar-refractivity contribution is -0.113. The van der Waals surface area contributed by atoms with Crippen molar-refractivity contribution in [2.24, 2.45) is 4.99 Å². The highest BCUT2D eigenvalue weighted by Crippen LogP contribution is 2.37. The van der Waals surface area contributed by atoms with Gasteiger partial charge in [0.15, 0.2) is 16.3 Å². The molecule has 0 radical (unpaired) electrons. The zero-order chi connectivity index (χ0) is 35.5. The van der Waals surface area contributed by atoms with E-state index in [2.05, 4.69) is 19.2 Å². The predicted molar refractivity (Wildman–Crippen MR) is 195 cm³/mol. The van der Waals surface area contributed by atoms with Crippen molar-refractivity contribution in [2.45, 2.75) is 39.3 Å². The molecule has 0 unspecified atom stereocenters. The molecule has 0 aliphatic carbocycles. The summed E-state index contributed by atoms with van der Waals surface area (Å²) in [5.41, 5.74) is 4.54. The first-order chi connectivity index (χ1) is 24.0. The summed E-state index contributed by atoms with van der Waals surface area (Å²) in [6, 6.07) is 26.2. The van der Waals surface area contributed by atoms with Crippen molar-refractivity contribution in [3.05, 3.63) is 155 Å². The van der Waals surface area contributed by atoms with Gasteiger partial charge in [-0.2, -0.15) is 0 Å². The Bertz CT molecular complexity index is 2310. The van der Waals surface area contributed by atoms with E-state index in [9.17, 15) is 19.5 Å². The maximum absolute atomic E-state index is 14.2. The van der Waals surface area contributed by atoms with Crippen LogP contribution >= 0.6 is 22.9 Å². The molecule has 4 aromatic carbocycles. The van der Waals surface area contributed by atoms with E-state index in [1.165, 1.54) is 30.6 Å². The third kappa shape index (κ3) is 7.12. The number of hydrogen-bond acceptors (Lipinski definition) is 7. The van der Waals surface area contributed by atoms with Gasteiger partial charge in [0.05, 0.1) is 39.5 Å². The monoisotopic (exact) mass is 707 g/mol. The third-order valence-electron chi connectivity index (χ3n) is 8.32. The van der Waals surface area contributed by atoms with Crippen LogP contribution in [0.25, 0.3) is 6.08 Å². The number of aromatic carboxylic acids is 1. The number of amides is 1. The maximum Gasteiger partial charge on any atom is 0.335 e. The summed E-state index contributed by atoms with van der Waals surface area (Å²) in [6.45, 7) is 6.07. The fraction of sp³-hybridized carbons (Fsp3) is 0.179. The summed E-state index contributed by atoms with van der Waals surface area (Å²) < 4.78 is 13.5. The van der Waals surface area contributed by atoms with Crippen LogP contribution in [0.15, 0.2) is 112 Å². The molecule has 9 nitrogen and oxygen atoms in total. The lowest BCUT2D eigenvalue weighted by atomic mass is 9.93. The number of methoxy groups -OCH3 is 1. The van der Waals surface area contributed by atoms with Gasteiger partial charge in [-0.1, -0.05) is 91.4 Å². The molecule has 5 aromatic rings. The Kier molecular flexibility index (Phi) is 10.0. The number of rotatable bonds is 10. The number of fused-ring (bicyclic) bond motifs is 1. The Morgan fingerprint density at radius 2 is 1.78 bits per heavy atom. The smallest absolute Gasteiger partial charge is 0.335 e. The highest BCUT2D eigenvalue weighted by molar-refractivity contribution is 7.07. The van der Waals surface area contributed by atoms with Gasteiger partial charge in [0, 0.05) is 5.69 Å². The Hall–Kier alpha value is -5.45. The minimum Gasteiger partial charge on any atom is -0.493 e. The van der Waals surface area contributed by atoms with Crippen LogP contribution in [0, 0.1) is 0 Å². The van der Waals surface area contributed by atoms with Crippen molar-refractivity contribution in [3.8, 4) is 11.5 Å². The number of benzene rings is 4. The number of aromatic nitrogens is 1. The number of thiazole rings is 1. The average molecular weight is 708 g/mol. The molecule has 1 amide bonds. The van der Waals surface area contributed by atoms with Crippen molar-refractivity contribution in [3.63, 3.8) is 0 Å². The zero-order valence-corrected chi connectivity index (χ0v) is 29.3. The third-order valence-corrected chi connectivity index (χ3v) is 9.59. The van der Waals surface area contributed by atoms with Crippen LogP contribution in [-0.4, -0.2) is 28.7 Å². The summed E-state index contributed by atoms with van der Waals surface area (Å²) in [4.78, 5) is 44.7. The number of nitrogens with zero attached hydrogens (tertiary/aromatic N) is 2. The second kappa shape index (κ2) is 14.6. The fourth-order valence-electron chi connectivity index (χ4n) is 5.77. The molecule has 0 bridgehead atoms. The molecule has 11 heteroatoms. The first kappa shape index (κ1) is 34.4. The quantitative estimate of drug-likeness (QED) is 0.162. The summed E-state index contributed by atoms with van der Waals surface area (Å²) in [7, 11) is 1.48. The van der Waals surface area contributed by atoms with E-state index in [1.807, 2.05) is 54.6 Å². The number of para-hydroxylation sites is 1. The van der Waals surface area contributed by atoms with Crippen molar-refractivity contribution in [1.82, 2.24) is 4.57 Å². The molecule has 1 aliphatic heterocycles. The van der Waals surface area contributed by atoms with Gasteiger partial charge in [0.1, 0.15) is 6.61 Å². The fourth-order valence-corrected chi connectivity index (χ4v) is 7.09. The SMILES string of the molecule is COc1cc(/C=c2/sc3n(c2=O)[C@@H](c2ccc(C(C)C)cc2)C(C(=O)Nc2ccccc2)=C(C)N=3)cc(Cl)c1OCc1cccc(C(=O)O)c1. The van der Waals surface area contributed by atoms with E-state index in [-0.39, 0.29) is 34.4 Å². The number of halogens is 1. The van der Waals surface area contributed by atoms with Gasteiger partial charge in [0.25, 0.3) is 11.5 Å². The van der Waals surface area contributed by atoms with Crippen LogP contribution in [0.5, 0.6) is 11.5 Å². The molecule has 0 fully saturated rings. The first-order valence-electron chi connectivity index (χ1n) is 15.9. The highest BCUT2D eigenvalue weighted by atomic mass is 35.5. The number of carbonyl (C=O) groups is 2. The van der Waals surface area contributed by atoms with Crippen LogP contribution in [0.4, 0.5) is 5.69 Å². The summed E-state index contributed by atoms with van der Waals surface area (Å²) in [5, 5.41) is 12.5. The van der Waals surface area contributed by atoms with Gasteiger partial charge < -0.3 is 19.9 Å². The van der Waals surface area contributed by atoms with Crippen molar-refractivity contribution in [1.29, 1.82) is 0 Å². The number of nitrogens with one attached hydrogen (secondary N) is 1. The lowest BCUT2D eigenvalue weighted by Gasteiger charge is -2.25. The maximum atomic E-state index is 14.2. The Morgan fingerprint density at radius 1 is 1.04 bits per heavy atom. The molecule has 1 atom stereocenters. The largest absolute Gasteiger partial charge is 0.493 e. The molecule has 254 valence electrons. The van der Waals surface area contributed by atoms with E-state index in [4.69, 9.17) is 26.1 Å². The minimum atomic E-state index is -1.03. The number of allylic oxidation sites excluding steroid dienone is 1. The van der Waals surface area contributed by atoms with Gasteiger partial charge in [-0.25, -0.2) is 9.79 Å². The normalized spacial score (nSPS) is 14.3. The number of carbonyl (C=O) groups excluding carboxylic acids is 1. The van der Waals surface area contributed by atoms with Crippen molar-refractivity contribution >= 4 is 46.6 Å². The molecule has 2 heterocycles. The number of anilines is 1.